The molecule has 0 bridgehead atoms. The highest BCUT2D eigenvalue weighted by molar-refractivity contribution is 7.88. The number of nitrogens with two attached hydrogens (primary N) is 1. The number of nitrogens with one attached hydrogen (secondary N) is 1. The molecule has 9 heteroatoms. The highest BCUT2D eigenvalue weighted by Crippen LogP contribution is 2.33. The first-order valence-electron chi connectivity index (χ1n) is 9.25. The van der Waals surface area contributed by atoms with Gasteiger partial charge in [0.15, 0.2) is 0 Å². The average Bonchev–Trinajstić information content (AvgIpc) is 2.58. The summed E-state index contributed by atoms with van der Waals surface area (Å²) in [5.74, 6) is 0.612. The number of rotatable bonds is 6. The van der Waals surface area contributed by atoms with E-state index in [9.17, 15) is 13.2 Å². The van der Waals surface area contributed by atoms with Crippen LogP contribution in [0.15, 0.2) is 24.4 Å². The number of hydrogen-bond donors (Lipinski definition) is 2. The van der Waals surface area contributed by atoms with Crippen molar-refractivity contribution in [3.8, 4) is 5.75 Å². The largest absolute Gasteiger partial charge is 0.490 e. The van der Waals surface area contributed by atoms with Crippen molar-refractivity contribution in [2.75, 3.05) is 24.2 Å². The molecule has 1 saturated heterocycles. The predicted octanol–water partition coefficient (Wildman–Crippen LogP) is 1.64. The Hall–Kier alpha value is -2.39. The first kappa shape index (κ1) is 20.3. The molecular formula is C19H26N4O4S. The molecular weight excluding hydrogens is 380 g/mol. The first-order chi connectivity index (χ1) is 13.1. The number of benzene rings is 1. The van der Waals surface area contributed by atoms with Crippen molar-refractivity contribution >= 4 is 32.5 Å². The maximum Gasteiger partial charge on any atom is 0.252 e. The van der Waals surface area contributed by atoms with Crippen molar-refractivity contribution in [3.05, 3.63) is 30.0 Å². The summed E-state index contributed by atoms with van der Waals surface area (Å²) < 4.78 is 31.7. The molecule has 2 aromatic rings. The summed E-state index contributed by atoms with van der Waals surface area (Å²) in [7, 11) is -3.28. The van der Waals surface area contributed by atoms with Crippen molar-refractivity contribution in [2.24, 2.45) is 5.73 Å². The van der Waals surface area contributed by atoms with Crippen LogP contribution in [0.2, 0.25) is 0 Å². The maximum atomic E-state index is 11.9. The van der Waals surface area contributed by atoms with Crippen LogP contribution in [0, 0.1) is 0 Å². The van der Waals surface area contributed by atoms with Gasteiger partial charge in [0, 0.05) is 30.7 Å². The van der Waals surface area contributed by atoms with Gasteiger partial charge in [0.05, 0.1) is 17.9 Å². The van der Waals surface area contributed by atoms with Gasteiger partial charge in [-0.2, -0.15) is 0 Å². The second-order valence-corrected chi connectivity index (χ2v) is 9.19. The third-order valence-electron chi connectivity index (χ3n) is 4.57. The summed E-state index contributed by atoms with van der Waals surface area (Å²) in [6.45, 7) is 5.06. The first-order valence-corrected chi connectivity index (χ1v) is 11.1. The van der Waals surface area contributed by atoms with E-state index in [-0.39, 0.29) is 12.1 Å². The molecule has 0 aliphatic carbocycles. The van der Waals surface area contributed by atoms with Gasteiger partial charge in [0.1, 0.15) is 11.6 Å². The highest BCUT2D eigenvalue weighted by Gasteiger charge is 2.25. The molecule has 1 aromatic heterocycles. The van der Waals surface area contributed by atoms with E-state index in [1.807, 2.05) is 19.9 Å². The molecule has 1 atom stereocenters. The minimum atomic E-state index is -3.28. The van der Waals surface area contributed by atoms with Gasteiger partial charge in [-0.3, -0.25) is 4.79 Å². The minimum absolute atomic E-state index is 0.117. The van der Waals surface area contributed by atoms with Crippen LogP contribution >= 0.6 is 0 Å². The van der Waals surface area contributed by atoms with Gasteiger partial charge in [-0.1, -0.05) is 0 Å². The molecule has 1 unspecified atom stereocenters. The summed E-state index contributed by atoms with van der Waals surface area (Å²) in [6, 6.07) is 5.17. The van der Waals surface area contributed by atoms with Crippen LogP contribution in [0.1, 0.15) is 37.0 Å². The summed E-state index contributed by atoms with van der Waals surface area (Å²) in [6.07, 6.45) is 4.36. The van der Waals surface area contributed by atoms with Gasteiger partial charge in [-0.05, 0) is 50.3 Å². The molecule has 28 heavy (non-hydrogen) atoms. The number of pyridine rings is 1. The van der Waals surface area contributed by atoms with Crippen LogP contribution in [0.5, 0.6) is 5.75 Å². The number of aromatic nitrogens is 1. The van der Waals surface area contributed by atoms with Gasteiger partial charge >= 0.3 is 0 Å². The third-order valence-corrected chi connectivity index (χ3v) is 5.33. The van der Waals surface area contributed by atoms with E-state index in [2.05, 4.69) is 14.6 Å². The molecule has 1 amide bonds. The smallest absolute Gasteiger partial charge is 0.252 e. The molecule has 8 nitrogen and oxygen atoms in total. The number of carbonyl (C=O) groups is 1. The van der Waals surface area contributed by atoms with Gasteiger partial charge in [-0.15, -0.1) is 0 Å². The molecule has 1 aliphatic rings. The van der Waals surface area contributed by atoms with Crippen molar-refractivity contribution in [2.45, 2.75) is 38.8 Å². The third kappa shape index (κ3) is 4.71. The summed E-state index contributed by atoms with van der Waals surface area (Å²) in [4.78, 5) is 18.5. The Bertz CT molecular complexity index is 991. The maximum absolute atomic E-state index is 11.9. The zero-order valence-electron chi connectivity index (χ0n) is 16.3. The zero-order chi connectivity index (χ0) is 20.5. The van der Waals surface area contributed by atoms with Gasteiger partial charge in [0.25, 0.3) is 5.91 Å². The quantitative estimate of drug-likeness (QED) is 0.754. The lowest BCUT2D eigenvalue weighted by atomic mass is 10.0. The van der Waals surface area contributed by atoms with E-state index in [0.717, 1.165) is 36.0 Å². The Morgan fingerprint density at radius 2 is 2.14 bits per heavy atom. The topological polar surface area (TPSA) is 115 Å². The summed E-state index contributed by atoms with van der Waals surface area (Å²) in [5, 5.41) is 1.66. The van der Waals surface area contributed by atoms with Crippen LogP contribution in [-0.2, 0) is 10.0 Å². The van der Waals surface area contributed by atoms with E-state index in [4.69, 9.17) is 10.5 Å². The summed E-state index contributed by atoms with van der Waals surface area (Å²) in [5.41, 5.74) is 5.86. The van der Waals surface area contributed by atoms with Crippen LogP contribution in [0.4, 0.5) is 5.82 Å². The molecule has 3 N–H and O–H groups in total. The van der Waals surface area contributed by atoms with Gasteiger partial charge < -0.3 is 15.4 Å². The average molecular weight is 407 g/mol. The van der Waals surface area contributed by atoms with Crippen LogP contribution < -0.4 is 20.1 Å². The molecule has 1 aliphatic heterocycles. The molecule has 1 fully saturated rings. The monoisotopic (exact) mass is 406 g/mol. The molecule has 2 heterocycles. The number of amides is 1. The Morgan fingerprint density at radius 1 is 1.39 bits per heavy atom. The molecule has 152 valence electrons. The van der Waals surface area contributed by atoms with Crippen molar-refractivity contribution in [3.63, 3.8) is 0 Å². The number of carbonyl (C=O) groups excluding carboxylic acids is 1. The molecule has 0 radical (unpaired) electrons. The lowest BCUT2D eigenvalue weighted by molar-refractivity contribution is 0.0994. The minimum Gasteiger partial charge on any atom is -0.490 e. The molecule has 1 aromatic carbocycles. The normalized spacial score (nSPS) is 17.9. The van der Waals surface area contributed by atoms with E-state index in [0.29, 0.717) is 17.9 Å². The number of ether oxygens (including phenoxy) is 1. The Balaban J connectivity index is 2.02. The fourth-order valence-corrected chi connectivity index (χ4v) is 4.35. The second-order valence-electron chi connectivity index (χ2n) is 7.41. The van der Waals surface area contributed by atoms with Gasteiger partial charge in [-0.25, -0.2) is 18.1 Å². The van der Waals surface area contributed by atoms with E-state index in [1.165, 1.54) is 6.26 Å². The fourth-order valence-electron chi connectivity index (χ4n) is 3.55. The number of nitrogens with zero attached hydrogens (tertiary/aromatic N) is 2. The van der Waals surface area contributed by atoms with Gasteiger partial charge in [0.2, 0.25) is 10.0 Å². The summed E-state index contributed by atoms with van der Waals surface area (Å²) >= 11 is 0. The Kier molecular flexibility index (Phi) is 5.76. The van der Waals surface area contributed by atoms with Crippen LogP contribution in [0.3, 0.4) is 0 Å². The number of fused-ring (bicyclic) bond motifs is 1. The Labute approximate surface area is 165 Å². The number of primary amides is 1. The number of piperidine rings is 1. The van der Waals surface area contributed by atoms with Crippen molar-refractivity contribution in [1.82, 2.24) is 9.71 Å². The van der Waals surface area contributed by atoms with E-state index >= 15 is 0 Å². The molecule has 0 saturated carbocycles. The molecule has 0 spiro atoms. The Morgan fingerprint density at radius 3 is 2.79 bits per heavy atom. The van der Waals surface area contributed by atoms with Crippen molar-refractivity contribution < 1.29 is 17.9 Å². The molecule has 3 rings (SSSR count). The number of sulfonamides is 1. The SMILES string of the molecule is CC(C)Oc1cc2c(N3CCCC(NS(C)(=O)=O)C3)nccc2cc1C(N)=O. The highest BCUT2D eigenvalue weighted by atomic mass is 32.2. The second kappa shape index (κ2) is 7.92. The standard InChI is InChI=1S/C19H26N4O4S/c1-12(2)27-17-10-15-13(9-16(17)18(20)24)6-7-21-19(15)23-8-4-5-14(11-23)22-28(3,25)26/h6-7,9-10,12,14,22H,4-5,8,11H2,1-3H3,(H2,20,24). The van der Waals surface area contributed by atoms with E-state index in [1.54, 1.807) is 18.3 Å². The fraction of sp³-hybridized carbons (Fsp3) is 0.474. The van der Waals surface area contributed by atoms with Crippen molar-refractivity contribution in [1.29, 1.82) is 0 Å². The van der Waals surface area contributed by atoms with Crippen LogP contribution in [0.25, 0.3) is 10.8 Å². The van der Waals surface area contributed by atoms with E-state index < -0.39 is 15.9 Å². The zero-order valence-corrected chi connectivity index (χ0v) is 17.1. The number of hydrogen-bond acceptors (Lipinski definition) is 6. The number of anilines is 1. The predicted molar refractivity (Wildman–Crippen MR) is 109 cm³/mol. The lowest BCUT2D eigenvalue weighted by Crippen LogP contribution is -2.47. The lowest BCUT2D eigenvalue weighted by Gasteiger charge is -2.34. The van der Waals surface area contributed by atoms with Crippen LogP contribution in [-0.4, -0.2) is 50.8 Å².